The van der Waals surface area contributed by atoms with Crippen molar-refractivity contribution in [3.63, 3.8) is 0 Å². The summed E-state index contributed by atoms with van der Waals surface area (Å²) in [4.78, 5) is 0.426. The summed E-state index contributed by atoms with van der Waals surface area (Å²) in [5.74, 6) is -0.106. The third-order valence-electron chi connectivity index (χ3n) is 2.46. The van der Waals surface area contributed by atoms with Gasteiger partial charge < -0.3 is 10.8 Å². The highest BCUT2D eigenvalue weighted by Crippen LogP contribution is 2.45. The Labute approximate surface area is 112 Å². The van der Waals surface area contributed by atoms with Gasteiger partial charge in [0.2, 0.25) is 0 Å². The number of anilines is 1. The molecule has 0 amide bonds. The van der Waals surface area contributed by atoms with Gasteiger partial charge in [0, 0.05) is 18.1 Å². The number of benzene rings is 2. The topological polar surface area (TPSA) is 110 Å². The Morgan fingerprint density at radius 3 is 2.84 bits per heavy atom. The highest BCUT2D eigenvalue weighted by molar-refractivity contribution is 7.94. The summed E-state index contributed by atoms with van der Waals surface area (Å²) < 4.78 is 4.37. The molecule has 4 N–H and O–H groups in total. The van der Waals surface area contributed by atoms with Gasteiger partial charge in [-0.2, -0.15) is 10.2 Å². The molecule has 0 spiro atoms. The largest absolute Gasteiger partial charge is 0.505 e. The number of fused-ring (bicyclic) bond motifs is 1. The van der Waals surface area contributed by atoms with E-state index in [4.69, 9.17) is 11.0 Å². The maximum atomic E-state index is 10.2. The average Bonchev–Trinajstić information content (AvgIpc) is 2.40. The summed E-state index contributed by atoms with van der Waals surface area (Å²) in [6, 6.07) is 6.91. The number of phenolic OH excluding ortho intramolecular Hbond substituents is 1. The molecular weight excluding hydrogens is 270 g/mol. The Balaban J connectivity index is 2.70. The zero-order valence-corrected chi connectivity index (χ0v) is 10.7. The second-order valence-electron chi connectivity index (χ2n) is 3.54. The molecule has 0 bridgehead atoms. The van der Waals surface area contributed by atoms with Crippen molar-refractivity contribution < 1.29 is 19.7 Å². The van der Waals surface area contributed by atoms with Gasteiger partial charge >= 0.3 is 0 Å². The minimum Gasteiger partial charge on any atom is -0.505 e. The number of hydrogen-bond donors (Lipinski definition) is 3. The van der Waals surface area contributed by atoms with Crippen LogP contribution in [0.3, 0.4) is 0 Å². The van der Waals surface area contributed by atoms with Crippen molar-refractivity contribution in [3.8, 4) is 5.75 Å². The summed E-state index contributed by atoms with van der Waals surface area (Å²) in [6.45, 7) is 0. The Hall–Kier alpha value is -1.87. The van der Waals surface area contributed by atoms with Gasteiger partial charge in [-0.3, -0.25) is 0 Å². The third-order valence-corrected chi connectivity index (χ3v) is 3.08. The Bertz CT molecular complexity index is 633. The monoisotopic (exact) mass is 281 g/mol. The van der Waals surface area contributed by atoms with E-state index in [0.29, 0.717) is 33.4 Å². The van der Waals surface area contributed by atoms with Gasteiger partial charge in [0.15, 0.2) is 5.75 Å². The molecule has 100 valence electrons. The second-order valence-corrected chi connectivity index (χ2v) is 4.29. The van der Waals surface area contributed by atoms with E-state index in [2.05, 4.69) is 19.6 Å². The van der Waals surface area contributed by atoms with Crippen LogP contribution in [0.4, 0.5) is 11.4 Å². The van der Waals surface area contributed by atoms with E-state index in [0.717, 1.165) is 0 Å². The van der Waals surface area contributed by atoms with Crippen LogP contribution >= 0.6 is 12.0 Å². The van der Waals surface area contributed by atoms with Gasteiger partial charge in [0.1, 0.15) is 5.69 Å². The lowest BCUT2D eigenvalue weighted by atomic mass is 10.1. The van der Waals surface area contributed by atoms with Crippen molar-refractivity contribution in [3.05, 3.63) is 24.3 Å². The lowest BCUT2D eigenvalue weighted by Gasteiger charge is -2.10. The molecule has 0 fully saturated rings. The van der Waals surface area contributed by atoms with E-state index in [1.54, 1.807) is 24.3 Å². The molecule has 0 aliphatic heterocycles. The van der Waals surface area contributed by atoms with E-state index >= 15 is 0 Å². The van der Waals surface area contributed by atoms with Crippen molar-refractivity contribution in [2.75, 3.05) is 12.8 Å². The minimum atomic E-state index is -0.106. The van der Waals surface area contributed by atoms with Crippen LogP contribution in [0.2, 0.25) is 0 Å². The lowest BCUT2D eigenvalue weighted by molar-refractivity contribution is -0.432. The van der Waals surface area contributed by atoms with Gasteiger partial charge in [-0.25, -0.2) is 5.26 Å². The van der Waals surface area contributed by atoms with Gasteiger partial charge in [-0.1, -0.05) is 17.2 Å². The van der Waals surface area contributed by atoms with Crippen molar-refractivity contribution in [1.82, 2.24) is 0 Å². The van der Waals surface area contributed by atoms with Crippen LogP contribution < -0.4 is 5.73 Å². The number of phenols is 1. The highest BCUT2D eigenvalue weighted by atomic mass is 32.2. The van der Waals surface area contributed by atoms with Gasteiger partial charge in [-0.15, -0.1) is 4.33 Å². The van der Waals surface area contributed by atoms with Crippen molar-refractivity contribution in [2.24, 2.45) is 10.2 Å². The van der Waals surface area contributed by atoms with E-state index in [1.165, 1.54) is 7.05 Å². The fraction of sp³-hybridized carbons (Fsp3) is 0.0909. The molecule has 19 heavy (non-hydrogen) atoms. The maximum absolute atomic E-state index is 10.2. The molecule has 0 radical (unpaired) electrons. The third kappa shape index (κ3) is 2.61. The molecular formula is C11H11N3O4S. The predicted molar refractivity (Wildman–Crippen MR) is 71.1 cm³/mol. The molecule has 0 saturated carbocycles. The Morgan fingerprint density at radius 2 is 2.16 bits per heavy atom. The van der Waals surface area contributed by atoms with Crippen LogP contribution in [-0.4, -0.2) is 17.4 Å². The summed E-state index contributed by atoms with van der Waals surface area (Å²) in [6.07, 6.45) is 0. The zero-order valence-electron chi connectivity index (χ0n) is 9.90. The van der Waals surface area contributed by atoms with E-state index < -0.39 is 0 Å². The van der Waals surface area contributed by atoms with Crippen molar-refractivity contribution in [1.29, 1.82) is 0 Å². The molecule has 2 aromatic rings. The molecule has 0 aromatic heterocycles. The summed E-state index contributed by atoms with van der Waals surface area (Å²) in [5, 5.41) is 30.6. The van der Waals surface area contributed by atoms with Crippen LogP contribution in [0.15, 0.2) is 39.4 Å². The lowest BCUT2D eigenvalue weighted by Crippen LogP contribution is -1.89. The minimum absolute atomic E-state index is 0.106. The molecule has 2 rings (SSSR count). The van der Waals surface area contributed by atoms with E-state index in [1.807, 2.05) is 0 Å². The predicted octanol–water partition coefficient (Wildman–Crippen LogP) is 3.27. The van der Waals surface area contributed by atoms with E-state index in [9.17, 15) is 5.11 Å². The number of nitrogens with two attached hydrogens (primary N) is 1. The van der Waals surface area contributed by atoms with Gasteiger partial charge in [0.25, 0.3) is 0 Å². The molecule has 7 nitrogen and oxygen atoms in total. The summed E-state index contributed by atoms with van der Waals surface area (Å²) in [7, 11) is 1.47. The smallest absolute Gasteiger partial charge is 0.154 e. The van der Waals surface area contributed by atoms with Crippen LogP contribution in [0.5, 0.6) is 5.75 Å². The maximum Gasteiger partial charge on any atom is 0.154 e. The standard InChI is InChI=1S/C11H11N3O4S/c1-13-14-10-8(19-18-17-16)5-6-3-2-4-7(12)9(6)11(10)15/h2-5,15-16H,12H2,1H3/b14-13+. The first-order valence-electron chi connectivity index (χ1n) is 5.17. The van der Waals surface area contributed by atoms with E-state index in [-0.39, 0.29) is 11.4 Å². The fourth-order valence-corrected chi connectivity index (χ4v) is 2.23. The first-order chi connectivity index (χ1) is 9.19. The Morgan fingerprint density at radius 1 is 1.37 bits per heavy atom. The highest BCUT2D eigenvalue weighted by Gasteiger charge is 2.16. The molecule has 0 atom stereocenters. The normalized spacial score (nSPS) is 11.5. The van der Waals surface area contributed by atoms with Crippen LogP contribution in [0.1, 0.15) is 0 Å². The number of nitrogen functional groups attached to an aromatic ring is 1. The van der Waals surface area contributed by atoms with Crippen LogP contribution in [-0.2, 0) is 9.37 Å². The molecule has 2 aromatic carbocycles. The molecule has 0 aliphatic rings. The van der Waals surface area contributed by atoms with Crippen LogP contribution in [0, 0.1) is 0 Å². The number of hydrogen-bond acceptors (Lipinski definition) is 8. The molecule has 8 heteroatoms. The quantitative estimate of drug-likeness (QED) is 0.261. The first kappa shape index (κ1) is 13.6. The van der Waals surface area contributed by atoms with Crippen LogP contribution in [0.25, 0.3) is 10.8 Å². The fourth-order valence-electron chi connectivity index (χ4n) is 1.74. The molecule has 0 unspecified atom stereocenters. The van der Waals surface area contributed by atoms with Crippen molar-refractivity contribution >= 4 is 34.2 Å². The first-order valence-corrected chi connectivity index (χ1v) is 5.92. The van der Waals surface area contributed by atoms with Gasteiger partial charge in [-0.05, 0) is 17.5 Å². The summed E-state index contributed by atoms with van der Waals surface area (Å²) >= 11 is 0.695. The number of aromatic hydroxyl groups is 1. The molecule has 0 saturated heterocycles. The summed E-state index contributed by atoms with van der Waals surface area (Å²) in [5.41, 5.74) is 6.46. The van der Waals surface area contributed by atoms with Crippen molar-refractivity contribution in [2.45, 2.75) is 4.90 Å². The molecule has 0 aliphatic carbocycles. The number of rotatable bonds is 4. The average molecular weight is 281 g/mol. The SMILES string of the molecule is C/N=N/c1c(SOOO)cc2cccc(N)c2c1O. The number of azo groups is 1. The Kier molecular flexibility index (Phi) is 4.17. The number of nitrogens with zero attached hydrogens (tertiary/aromatic N) is 2. The molecule has 0 heterocycles. The second kappa shape index (κ2) is 5.85. The van der Waals surface area contributed by atoms with Gasteiger partial charge in [0.05, 0.1) is 16.9 Å². The zero-order chi connectivity index (χ0) is 13.8.